The van der Waals surface area contributed by atoms with Crippen molar-refractivity contribution in [1.29, 1.82) is 0 Å². The van der Waals surface area contributed by atoms with Crippen LogP contribution in [0.5, 0.6) is 0 Å². The molecule has 4 nitrogen and oxygen atoms in total. The van der Waals surface area contributed by atoms with Gasteiger partial charge in [0.1, 0.15) is 0 Å². The number of hydrogen-bond donors (Lipinski definition) is 1. The Morgan fingerprint density at radius 2 is 2.06 bits per heavy atom. The molecule has 0 aliphatic heterocycles. The highest BCUT2D eigenvalue weighted by atomic mass is 16.6. The standard InChI is InChI=1S/C13H15NO3/c1-9-7-8-13(9,2)12(15)10-3-5-11(6-4-10)14(16)17/h3-6,12,15H,1,7-8H2,2H3. The van der Waals surface area contributed by atoms with Crippen molar-refractivity contribution in [1.82, 2.24) is 0 Å². The topological polar surface area (TPSA) is 63.4 Å². The van der Waals surface area contributed by atoms with E-state index in [0.29, 0.717) is 5.56 Å². The van der Waals surface area contributed by atoms with Crippen LogP contribution in [0.4, 0.5) is 5.69 Å². The van der Waals surface area contributed by atoms with Crippen molar-refractivity contribution in [2.24, 2.45) is 5.41 Å². The zero-order valence-electron chi connectivity index (χ0n) is 9.72. The van der Waals surface area contributed by atoms with Gasteiger partial charge in [0.2, 0.25) is 0 Å². The summed E-state index contributed by atoms with van der Waals surface area (Å²) in [6.45, 7) is 5.91. The second kappa shape index (κ2) is 3.96. The molecule has 0 aromatic heterocycles. The number of non-ortho nitro benzene ring substituents is 1. The first-order valence-corrected chi connectivity index (χ1v) is 5.56. The second-order valence-electron chi connectivity index (χ2n) is 4.77. The Morgan fingerprint density at radius 1 is 1.47 bits per heavy atom. The molecule has 0 amide bonds. The second-order valence-corrected chi connectivity index (χ2v) is 4.77. The molecule has 1 fully saturated rings. The zero-order chi connectivity index (χ0) is 12.6. The highest BCUT2D eigenvalue weighted by Crippen LogP contribution is 2.53. The van der Waals surface area contributed by atoms with Crippen molar-refractivity contribution in [2.75, 3.05) is 0 Å². The van der Waals surface area contributed by atoms with E-state index in [1.165, 1.54) is 12.1 Å². The van der Waals surface area contributed by atoms with Crippen LogP contribution in [0.25, 0.3) is 0 Å². The van der Waals surface area contributed by atoms with Crippen LogP contribution < -0.4 is 0 Å². The van der Waals surface area contributed by atoms with Crippen LogP contribution in [-0.4, -0.2) is 10.0 Å². The minimum atomic E-state index is -0.635. The molecule has 0 radical (unpaired) electrons. The highest BCUT2D eigenvalue weighted by molar-refractivity contribution is 5.36. The number of nitro benzene ring substituents is 1. The van der Waals surface area contributed by atoms with E-state index in [4.69, 9.17) is 0 Å². The maximum Gasteiger partial charge on any atom is 0.269 e. The van der Waals surface area contributed by atoms with Crippen LogP contribution in [0, 0.1) is 15.5 Å². The number of aliphatic hydroxyl groups is 1. The number of benzene rings is 1. The molecule has 1 aliphatic carbocycles. The summed E-state index contributed by atoms with van der Waals surface area (Å²) in [6.07, 6.45) is 1.22. The largest absolute Gasteiger partial charge is 0.388 e. The van der Waals surface area contributed by atoms with Crippen molar-refractivity contribution in [2.45, 2.75) is 25.9 Å². The fourth-order valence-electron chi connectivity index (χ4n) is 2.17. The summed E-state index contributed by atoms with van der Waals surface area (Å²) in [4.78, 5) is 10.1. The summed E-state index contributed by atoms with van der Waals surface area (Å²) in [5, 5.41) is 20.8. The van der Waals surface area contributed by atoms with Crippen LogP contribution in [0.2, 0.25) is 0 Å². The summed E-state index contributed by atoms with van der Waals surface area (Å²) in [5.41, 5.74) is 1.51. The van der Waals surface area contributed by atoms with Crippen molar-refractivity contribution >= 4 is 5.69 Å². The summed E-state index contributed by atoms with van der Waals surface area (Å²) in [6, 6.07) is 6.06. The zero-order valence-corrected chi connectivity index (χ0v) is 9.72. The first-order chi connectivity index (χ1) is 7.95. The van der Waals surface area contributed by atoms with E-state index < -0.39 is 11.0 Å². The van der Waals surface area contributed by atoms with Gasteiger partial charge < -0.3 is 5.11 Å². The van der Waals surface area contributed by atoms with Crippen LogP contribution in [-0.2, 0) is 0 Å². The predicted octanol–water partition coefficient (Wildman–Crippen LogP) is 2.98. The molecule has 0 bridgehead atoms. The lowest BCUT2D eigenvalue weighted by molar-refractivity contribution is -0.384. The van der Waals surface area contributed by atoms with Gasteiger partial charge in [-0.05, 0) is 30.5 Å². The van der Waals surface area contributed by atoms with Gasteiger partial charge in [0.15, 0.2) is 0 Å². The van der Waals surface area contributed by atoms with Gasteiger partial charge in [0.25, 0.3) is 5.69 Å². The third kappa shape index (κ3) is 1.85. The molecule has 2 atom stereocenters. The molecule has 17 heavy (non-hydrogen) atoms. The maximum atomic E-state index is 10.5. The lowest BCUT2D eigenvalue weighted by atomic mass is 9.62. The Morgan fingerprint density at radius 3 is 2.41 bits per heavy atom. The van der Waals surface area contributed by atoms with Gasteiger partial charge in [-0.1, -0.05) is 19.1 Å². The molecule has 1 N–H and O–H groups in total. The number of rotatable bonds is 3. The van der Waals surface area contributed by atoms with E-state index in [9.17, 15) is 15.2 Å². The van der Waals surface area contributed by atoms with Crippen molar-refractivity contribution in [3.05, 3.63) is 52.1 Å². The number of hydrogen-bond acceptors (Lipinski definition) is 3. The lowest BCUT2D eigenvalue weighted by Crippen LogP contribution is -2.35. The van der Waals surface area contributed by atoms with Crippen LogP contribution >= 0.6 is 0 Å². The highest BCUT2D eigenvalue weighted by Gasteiger charge is 2.42. The van der Waals surface area contributed by atoms with Gasteiger partial charge in [-0.15, -0.1) is 0 Å². The number of nitrogens with zero attached hydrogens (tertiary/aromatic N) is 1. The normalized spacial score (nSPS) is 25.2. The minimum Gasteiger partial charge on any atom is -0.388 e. The van der Waals surface area contributed by atoms with Crippen molar-refractivity contribution in [3.63, 3.8) is 0 Å². The van der Waals surface area contributed by atoms with E-state index in [1.807, 2.05) is 6.92 Å². The monoisotopic (exact) mass is 233 g/mol. The molecule has 0 heterocycles. The molecule has 1 saturated carbocycles. The molecule has 4 heteroatoms. The van der Waals surface area contributed by atoms with Crippen LogP contribution in [0.15, 0.2) is 36.4 Å². The molecule has 1 aromatic rings. The molecule has 2 rings (SSSR count). The van der Waals surface area contributed by atoms with Crippen LogP contribution in [0.1, 0.15) is 31.4 Å². The average Bonchev–Trinajstić information content (AvgIpc) is 2.35. The quantitative estimate of drug-likeness (QED) is 0.496. The van der Waals surface area contributed by atoms with E-state index in [2.05, 4.69) is 6.58 Å². The molecule has 2 unspecified atom stereocenters. The minimum absolute atomic E-state index is 0.0403. The third-order valence-electron chi connectivity index (χ3n) is 3.78. The number of nitro groups is 1. The third-order valence-corrected chi connectivity index (χ3v) is 3.78. The van der Waals surface area contributed by atoms with Gasteiger partial charge >= 0.3 is 0 Å². The summed E-state index contributed by atoms with van der Waals surface area (Å²) < 4.78 is 0. The fraction of sp³-hybridized carbons (Fsp3) is 0.385. The fourth-order valence-corrected chi connectivity index (χ4v) is 2.17. The Labute approximate surface area is 99.7 Å². The summed E-state index contributed by atoms with van der Waals surface area (Å²) in [7, 11) is 0. The Balaban J connectivity index is 2.23. The molecule has 1 aliphatic rings. The van der Waals surface area contributed by atoms with Gasteiger partial charge in [0, 0.05) is 17.5 Å². The van der Waals surface area contributed by atoms with Gasteiger partial charge in [-0.25, -0.2) is 0 Å². The SMILES string of the molecule is C=C1CCC1(C)C(O)c1ccc([N+](=O)[O-])cc1. The van der Waals surface area contributed by atoms with E-state index in [-0.39, 0.29) is 11.1 Å². The average molecular weight is 233 g/mol. The molecular weight excluding hydrogens is 218 g/mol. The Kier molecular flexibility index (Phi) is 2.75. The molecule has 0 saturated heterocycles. The van der Waals surface area contributed by atoms with Gasteiger partial charge in [-0.2, -0.15) is 0 Å². The van der Waals surface area contributed by atoms with E-state index in [1.54, 1.807) is 12.1 Å². The van der Waals surface area contributed by atoms with Crippen LogP contribution in [0.3, 0.4) is 0 Å². The van der Waals surface area contributed by atoms with Gasteiger partial charge in [-0.3, -0.25) is 10.1 Å². The number of aliphatic hydroxyl groups excluding tert-OH is 1. The molecule has 0 spiro atoms. The smallest absolute Gasteiger partial charge is 0.269 e. The summed E-state index contributed by atoms with van der Waals surface area (Å²) in [5.74, 6) is 0. The molecule has 1 aromatic carbocycles. The van der Waals surface area contributed by atoms with Gasteiger partial charge in [0.05, 0.1) is 11.0 Å². The molecular formula is C13H15NO3. The van der Waals surface area contributed by atoms with E-state index >= 15 is 0 Å². The van der Waals surface area contributed by atoms with Crippen molar-refractivity contribution < 1.29 is 10.0 Å². The Bertz CT molecular complexity index is 466. The maximum absolute atomic E-state index is 10.5. The Hall–Kier alpha value is -1.68. The lowest BCUT2D eigenvalue weighted by Gasteiger charge is -2.45. The summed E-state index contributed by atoms with van der Waals surface area (Å²) >= 11 is 0. The van der Waals surface area contributed by atoms with Crippen molar-refractivity contribution in [3.8, 4) is 0 Å². The first kappa shape index (κ1) is 11.8. The first-order valence-electron chi connectivity index (χ1n) is 5.56. The predicted molar refractivity (Wildman–Crippen MR) is 64.5 cm³/mol. The molecule has 90 valence electrons. The van der Waals surface area contributed by atoms with E-state index in [0.717, 1.165) is 18.4 Å².